The number of aromatic amines is 1. The van der Waals surface area contributed by atoms with E-state index in [1.54, 1.807) is 60.7 Å². The Balaban J connectivity index is 1.40. The third-order valence-corrected chi connectivity index (χ3v) is 5.99. The molecule has 1 aromatic heterocycles. The molecule has 1 amide bonds. The van der Waals surface area contributed by atoms with Crippen molar-refractivity contribution in [1.82, 2.24) is 10.4 Å². The topological polar surface area (TPSA) is 83.5 Å². The lowest BCUT2D eigenvalue weighted by Crippen LogP contribution is -2.19. The first-order valence-corrected chi connectivity index (χ1v) is 11.7. The zero-order valence-electron chi connectivity index (χ0n) is 19.2. The molecule has 6 nitrogen and oxygen atoms in total. The van der Waals surface area contributed by atoms with Crippen molar-refractivity contribution < 1.29 is 18.7 Å². The van der Waals surface area contributed by atoms with Gasteiger partial charge < -0.3 is 9.72 Å². The van der Waals surface area contributed by atoms with Gasteiger partial charge in [-0.25, -0.2) is 14.6 Å². The van der Waals surface area contributed by atoms with Crippen LogP contribution in [0.25, 0.3) is 22.0 Å². The second kappa shape index (κ2) is 10.5. The van der Waals surface area contributed by atoms with Crippen molar-refractivity contribution >= 4 is 40.6 Å². The van der Waals surface area contributed by atoms with Crippen LogP contribution in [-0.4, -0.2) is 23.1 Å². The number of hydrazone groups is 1. The maximum Gasteiger partial charge on any atom is 0.345 e. The Kier molecular flexibility index (Phi) is 6.78. The largest absolute Gasteiger partial charge is 0.422 e. The van der Waals surface area contributed by atoms with Crippen molar-refractivity contribution in [2.45, 2.75) is 0 Å². The van der Waals surface area contributed by atoms with E-state index in [0.29, 0.717) is 16.5 Å². The van der Waals surface area contributed by atoms with Crippen LogP contribution in [0.2, 0.25) is 5.02 Å². The number of rotatable bonds is 6. The zero-order chi connectivity index (χ0) is 25.8. The van der Waals surface area contributed by atoms with E-state index < -0.39 is 17.7 Å². The standard InChI is InChI=1S/C29H19ClFN3O3/c30-22-14-6-5-12-20(22)29(36)37-24-16-7-4-11-19(24)17-32-34-28(35)27-25(18-9-2-1-3-10-18)21-13-8-15-23(31)26(21)33-27/h1-17,33H,(H,34,35). The molecule has 0 radical (unpaired) electrons. The number of H-pyrrole nitrogens is 1. The number of para-hydroxylation sites is 2. The van der Waals surface area contributed by atoms with Gasteiger partial charge in [-0.2, -0.15) is 5.10 Å². The third kappa shape index (κ3) is 4.98. The number of esters is 1. The Morgan fingerprint density at radius 1 is 0.892 bits per heavy atom. The summed E-state index contributed by atoms with van der Waals surface area (Å²) in [6.07, 6.45) is 1.36. The van der Waals surface area contributed by atoms with E-state index in [2.05, 4.69) is 15.5 Å². The highest BCUT2D eigenvalue weighted by Crippen LogP contribution is 2.33. The fourth-order valence-corrected chi connectivity index (χ4v) is 4.15. The van der Waals surface area contributed by atoms with Crippen molar-refractivity contribution in [3.8, 4) is 16.9 Å². The maximum atomic E-state index is 14.5. The Hall–Kier alpha value is -4.75. The highest BCUT2D eigenvalue weighted by molar-refractivity contribution is 6.33. The molecule has 0 aliphatic carbocycles. The summed E-state index contributed by atoms with van der Waals surface area (Å²) in [6.45, 7) is 0. The predicted octanol–water partition coefficient (Wildman–Crippen LogP) is 6.61. The van der Waals surface area contributed by atoms with Crippen LogP contribution in [0.15, 0.2) is 102 Å². The smallest absolute Gasteiger partial charge is 0.345 e. The minimum absolute atomic E-state index is 0.168. The lowest BCUT2D eigenvalue weighted by atomic mass is 10.0. The Bertz CT molecular complexity index is 1650. The fraction of sp³-hybridized carbons (Fsp3) is 0. The summed E-state index contributed by atoms with van der Waals surface area (Å²) in [5, 5.41) is 4.90. The number of nitrogens with zero attached hydrogens (tertiary/aromatic N) is 1. The minimum atomic E-state index is -0.622. The second-order valence-corrected chi connectivity index (χ2v) is 8.42. The van der Waals surface area contributed by atoms with Gasteiger partial charge in [0.2, 0.25) is 0 Å². The van der Waals surface area contributed by atoms with Crippen LogP contribution >= 0.6 is 11.6 Å². The van der Waals surface area contributed by atoms with Crippen LogP contribution in [0.3, 0.4) is 0 Å². The number of amides is 1. The Labute approximate surface area is 216 Å². The van der Waals surface area contributed by atoms with Crippen LogP contribution in [0, 0.1) is 5.82 Å². The SMILES string of the molecule is O=C(Oc1ccccc1C=NNC(=O)c1[nH]c2c(F)cccc2c1-c1ccccc1)c1ccccc1Cl. The molecule has 0 aliphatic rings. The first-order valence-electron chi connectivity index (χ1n) is 11.3. The molecule has 4 aromatic carbocycles. The quantitative estimate of drug-likeness (QED) is 0.116. The van der Waals surface area contributed by atoms with Gasteiger partial charge in [0.15, 0.2) is 0 Å². The number of ether oxygens (including phenoxy) is 1. The third-order valence-electron chi connectivity index (χ3n) is 5.66. The lowest BCUT2D eigenvalue weighted by molar-refractivity contribution is 0.0734. The first-order chi connectivity index (χ1) is 18.0. The Morgan fingerprint density at radius 3 is 2.43 bits per heavy atom. The normalized spacial score (nSPS) is 11.1. The van der Waals surface area contributed by atoms with Crippen molar-refractivity contribution in [1.29, 1.82) is 0 Å². The molecular weight excluding hydrogens is 493 g/mol. The minimum Gasteiger partial charge on any atom is -0.422 e. The van der Waals surface area contributed by atoms with Crippen LogP contribution in [0.4, 0.5) is 4.39 Å². The number of nitrogens with one attached hydrogen (secondary N) is 2. The van der Waals surface area contributed by atoms with E-state index in [9.17, 15) is 14.0 Å². The number of hydrogen-bond donors (Lipinski definition) is 2. The number of carbonyl (C=O) groups excluding carboxylic acids is 2. The lowest BCUT2D eigenvalue weighted by Gasteiger charge is -2.08. The summed E-state index contributed by atoms with van der Waals surface area (Å²) in [5.41, 5.74) is 4.87. The number of aromatic nitrogens is 1. The molecule has 0 fully saturated rings. The molecule has 8 heteroatoms. The predicted molar refractivity (Wildman–Crippen MR) is 142 cm³/mol. The number of halogens is 2. The number of carbonyl (C=O) groups is 2. The van der Waals surface area contributed by atoms with Crippen molar-refractivity contribution in [2.75, 3.05) is 0 Å². The van der Waals surface area contributed by atoms with Crippen LogP contribution < -0.4 is 10.2 Å². The second-order valence-electron chi connectivity index (χ2n) is 8.01. The summed E-state index contributed by atoms with van der Waals surface area (Å²) < 4.78 is 20.0. The maximum absolute atomic E-state index is 14.5. The summed E-state index contributed by atoms with van der Waals surface area (Å²) in [6, 6.07) is 27.2. The van der Waals surface area contributed by atoms with Crippen molar-refractivity contribution in [3.63, 3.8) is 0 Å². The zero-order valence-corrected chi connectivity index (χ0v) is 20.0. The molecule has 5 rings (SSSR count). The molecule has 0 unspecified atom stereocenters. The highest BCUT2D eigenvalue weighted by Gasteiger charge is 2.20. The van der Waals surface area contributed by atoms with E-state index >= 15 is 0 Å². The summed E-state index contributed by atoms with van der Waals surface area (Å²) in [7, 11) is 0. The highest BCUT2D eigenvalue weighted by atomic mass is 35.5. The van der Waals surface area contributed by atoms with Gasteiger partial charge in [-0.15, -0.1) is 0 Å². The van der Waals surface area contributed by atoms with E-state index in [-0.39, 0.29) is 27.5 Å². The number of fused-ring (bicyclic) bond motifs is 1. The molecule has 0 saturated heterocycles. The van der Waals surface area contributed by atoms with Crippen molar-refractivity contribution in [3.05, 3.63) is 125 Å². The number of benzene rings is 4. The van der Waals surface area contributed by atoms with Gasteiger partial charge in [0.05, 0.1) is 22.3 Å². The molecule has 0 saturated carbocycles. The molecule has 0 atom stereocenters. The van der Waals surface area contributed by atoms with Crippen LogP contribution in [-0.2, 0) is 0 Å². The van der Waals surface area contributed by atoms with Gasteiger partial charge in [-0.05, 0) is 35.9 Å². The molecule has 2 N–H and O–H groups in total. The fourth-order valence-electron chi connectivity index (χ4n) is 3.93. The van der Waals surface area contributed by atoms with Gasteiger partial charge in [-0.3, -0.25) is 4.79 Å². The van der Waals surface area contributed by atoms with Crippen molar-refractivity contribution in [2.24, 2.45) is 5.10 Å². The molecule has 0 bridgehead atoms. The summed E-state index contributed by atoms with van der Waals surface area (Å²) in [4.78, 5) is 28.6. The molecule has 0 spiro atoms. The van der Waals surface area contributed by atoms with Gasteiger partial charge in [0.25, 0.3) is 5.91 Å². The van der Waals surface area contributed by atoms with Crippen LogP contribution in [0.1, 0.15) is 26.4 Å². The van der Waals surface area contributed by atoms with Gasteiger partial charge in [-0.1, -0.05) is 78.3 Å². The summed E-state index contributed by atoms with van der Waals surface area (Å²) in [5.74, 6) is -1.41. The van der Waals surface area contributed by atoms with Crippen LogP contribution in [0.5, 0.6) is 5.75 Å². The molecular formula is C29H19ClFN3O3. The van der Waals surface area contributed by atoms with Gasteiger partial charge in [0.1, 0.15) is 17.3 Å². The van der Waals surface area contributed by atoms with E-state index in [1.807, 2.05) is 30.3 Å². The summed E-state index contributed by atoms with van der Waals surface area (Å²) >= 11 is 6.10. The average molecular weight is 512 g/mol. The molecule has 1 heterocycles. The van der Waals surface area contributed by atoms with Gasteiger partial charge >= 0.3 is 5.97 Å². The Morgan fingerprint density at radius 2 is 1.62 bits per heavy atom. The van der Waals surface area contributed by atoms with Gasteiger partial charge in [0, 0.05) is 16.5 Å². The van der Waals surface area contributed by atoms with E-state index in [0.717, 1.165) is 5.56 Å². The van der Waals surface area contributed by atoms with E-state index in [4.69, 9.17) is 16.3 Å². The first kappa shape index (κ1) is 24.0. The van der Waals surface area contributed by atoms with E-state index in [1.165, 1.54) is 12.3 Å². The molecule has 0 aliphatic heterocycles. The number of hydrogen-bond acceptors (Lipinski definition) is 4. The molecule has 5 aromatic rings. The monoisotopic (exact) mass is 511 g/mol. The molecule has 182 valence electrons. The molecule has 37 heavy (non-hydrogen) atoms. The average Bonchev–Trinajstić information content (AvgIpc) is 3.31.